The van der Waals surface area contributed by atoms with E-state index in [2.05, 4.69) is 0 Å². The van der Waals surface area contributed by atoms with Crippen LogP contribution in [0.2, 0.25) is 0 Å². The monoisotopic (exact) mass is 188 g/mol. The SMILES string of the molecule is O=NS(=O)(=O)S(=O)(=O)N=O. The highest BCUT2D eigenvalue weighted by Crippen LogP contribution is 2.04. The van der Waals surface area contributed by atoms with Crippen LogP contribution in [0.1, 0.15) is 0 Å². The van der Waals surface area contributed by atoms with Crippen LogP contribution in [0.4, 0.5) is 0 Å². The number of hydrogen-bond acceptors (Lipinski definition) is 6. The van der Waals surface area contributed by atoms with Crippen molar-refractivity contribution >= 4 is 18.1 Å². The van der Waals surface area contributed by atoms with Gasteiger partial charge < -0.3 is 0 Å². The molecule has 0 fully saturated rings. The molecule has 0 unspecified atom stereocenters. The van der Waals surface area contributed by atoms with Crippen LogP contribution >= 0.6 is 0 Å². The molecule has 0 bridgehead atoms. The molecule has 0 N–H and O–H groups in total. The number of nitrogens with zero attached hydrogens (tertiary/aromatic N) is 2. The van der Waals surface area contributed by atoms with Gasteiger partial charge in [0.15, 0.2) is 0 Å². The Balaban J connectivity index is 5.48. The standard InChI is InChI=1S/N2O6S2/c3-1-9(5,6)10(7,8)2-4. The van der Waals surface area contributed by atoms with Crippen molar-refractivity contribution in [3.8, 4) is 0 Å². The minimum Gasteiger partial charge on any atom is -0.183 e. The smallest absolute Gasteiger partial charge is 0.183 e. The van der Waals surface area contributed by atoms with Crippen molar-refractivity contribution in [3.05, 3.63) is 9.81 Å². The van der Waals surface area contributed by atoms with Gasteiger partial charge in [-0.05, 0) is 0 Å². The quantitative estimate of drug-likeness (QED) is 0.416. The van der Waals surface area contributed by atoms with E-state index in [-0.39, 0.29) is 0 Å². The molecule has 0 aromatic rings. The summed E-state index contributed by atoms with van der Waals surface area (Å²) >= 11 is 0. The first-order valence-corrected chi connectivity index (χ1v) is 4.96. The van der Waals surface area contributed by atoms with Crippen LogP contribution in [0.5, 0.6) is 0 Å². The maximum atomic E-state index is 9.89. The second-order valence-corrected chi connectivity index (χ2v) is 5.54. The maximum absolute atomic E-state index is 9.89. The van der Waals surface area contributed by atoms with Gasteiger partial charge in [-0.2, -0.15) is 16.8 Å². The highest BCUT2D eigenvalue weighted by molar-refractivity contribution is 8.66. The maximum Gasteiger partial charge on any atom is 0.416 e. The van der Waals surface area contributed by atoms with Crippen LogP contribution in [0.25, 0.3) is 0 Å². The zero-order chi connectivity index (χ0) is 8.41. The largest absolute Gasteiger partial charge is 0.416 e. The van der Waals surface area contributed by atoms with Gasteiger partial charge in [-0.1, -0.05) is 0 Å². The molecule has 8 nitrogen and oxygen atoms in total. The number of nitroso groups, excluding NO2 is 2. The van der Waals surface area contributed by atoms with Crippen molar-refractivity contribution in [2.75, 3.05) is 0 Å². The Morgan fingerprint density at radius 3 is 1.00 bits per heavy atom. The van der Waals surface area contributed by atoms with Crippen molar-refractivity contribution in [2.45, 2.75) is 0 Å². The predicted octanol–water partition coefficient (Wildman–Crippen LogP) is -0.906. The zero-order valence-corrected chi connectivity index (χ0v) is 5.79. The highest BCUT2D eigenvalue weighted by atomic mass is 33.2. The molecular weight excluding hydrogens is 188 g/mol. The molecule has 10 heteroatoms. The van der Waals surface area contributed by atoms with Gasteiger partial charge in [0, 0.05) is 0 Å². The molecule has 58 valence electrons. The summed E-state index contributed by atoms with van der Waals surface area (Å²) in [7, 11) is -10.6. The van der Waals surface area contributed by atoms with E-state index in [9.17, 15) is 26.6 Å². The summed E-state index contributed by atoms with van der Waals surface area (Å²) in [6.45, 7) is 0. The summed E-state index contributed by atoms with van der Waals surface area (Å²) in [6.07, 6.45) is 0. The Bertz CT molecular complexity index is 294. The van der Waals surface area contributed by atoms with Crippen LogP contribution in [0.3, 0.4) is 0 Å². The van der Waals surface area contributed by atoms with Gasteiger partial charge in [0.05, 0.1) is 9.16 Å². The normalized spacial score (nSPS) is 12.4. The van der Waals surface area contributed by atoms with Gasteiger partial charge in [0.25, 0.3) is 0 Å². The molecule has 0 aliphatic rings. The van der Waals surface area contributed by atoms with Crippen molar-refractivity contribution in [2.24, 2.45) is 9.16 Å². The highest BCUT2D eigenvalue weighted by Gasteiger charge is 2.31. The first-order chi connectivity index (χ1) is 4.37. The van der Waals surface area contributed by atoms with Crippen LogP contribution in [-0.2, 0) is 18.1 Å². The van der Waals surface area contributed by atoms with Crippen molar-refractivity contribution in [1.82, 2.24) is 0 Å². The van der Waals surface area contributed by atoms with E-state index in [1.807, 2.05) is 0 Å². The van der Waals surface area contributed by atoms with Gasteiger partial charge in [-0.25, -0.2) is 0 Å². The lowest BCUT2D eigenvalue weighted by molar-refractivity contribution is 0.584. The molecule has 0 aromatic heterocycles. The van der Waals surface area contributed by atoms with Gasteiger partial charge in [0.1, 0.15) is 0 Å². The van der Waals surface area contributed by atoms with Crippen molar-refractivity contribution < 1.29 is 16.8 Å². The third kappa shape index (κ3) is 1.33. The molecule has 10 heavy (non-hydrogen) atoms. The first kappa shape index (κ1) is 9.10. The summed E-state index contributed by atoms with van der Waals surface area (Å²) in [4.78, 5) is 18.4. The Morgan fingerprint density at radius 2 is 0.900 bits per heavy atom. The first-order valence-electron chi connectivity index (χ1n) is 1.56. The van der Waals surface area contributed by atoms with E-state index in [1.165, 1.54) is 9.16 Å². The summed E-state index contributed by atoms with van der Waals surface area (Å²) in [5.74, 6) is 0. The summed E-state index contributed by atoms with van der Waals surface area (Å²) in [5.41, 5.74) is 0. The number of rotatable bonds is 3. The topological polar surface area (TPSA) is 127 Å². The average molecular weight is 188 g/mol. The average Bonchev–Trinajstić information content (AvgIpc) is 1.88. The van der Waals surface area contributed by atoms with E-state index in [4.69, 9.17) is 0 Å². The molecule has 0 rings (SSSR count). The van der Waals surface area contributed by atoms with Gasteiger partial charge in [-0.3, -0.25) is 0 Å². The molecule has 0 radical (unpaired) electrons. The third-order valence-electron chi connectivity index (χ3n) is 0.449. The van der Waals surface area contributed by atoms with E-state index in [0.717, 1.165) is 0 Å². The second kappa shape index (κ2) is 2.38. The molecule has 0 amide bonds. The zero-order valence-electron chi connectivity index (χ0n) is 4.16. The fourth-order valence-electron chi connectivity index (χ4n) is 0.0769. The van der Waals surface area contributed by atoms with Crippen molar-refractivity contribution in [1.29, 1.82) is 0 Å². The van der Waals surface area contributed by atoms with Crippen molar-refractivity contribution in [3.63, 3.8) is 0 Å². The van der Waals surface area contributed by atoms with E-state index in [0.29, 0.717) is 0 Å². The molecule has 0 aliphatic heterocycles. The van der Waals surface area contributed by atoms with Crippen LogP contribution in [0.15, 0.2) is 9.16 Å². The minimum atomic E-state index is -5.29. The third-order valence-corrected chi connectivity index (χ3v) is 3.31. The van der Waals surface area contributed by atoms with E-state index < -0.39 is 18.1 Å². The lowest BCUT2D eigenvalue weighted by atomic mass is 13.7. The lowest BCUT2D eigenvalue weighted by Gasteiger charge is -1.82. The lowest BCUT2D eigenvalue weighted by Crippen LogP contribution is -2.07. The predicted molar refractivity (Wildman–Crippen MR) is 29.4 cm³/mol. The van der Waals surface area contributed by atoms with Gasteiger partial charge in [-0.15, -0.1) is 9.81 Å². The molecule has 0 atom stereocenters. The molecule has 0 saturated carbocycles. The molecule has 0 aromatic carbocycles. The minimum absolute atomic E-state index is 1.20. The van der Waals surface area contributed by atoms with Gasteiger partial charge >= 0.3 is 18.1 Å². The fraction of sp³-hybridized carbons (Fsp3) is 0. The summed E-state index contributed by atoms with van der Waals surface area (Å²) in [5, 5.41) is 0. The Labute approximate surface area is 54.7 Å². The van der Waals surface area contributed by atoms with Gasteiger partial charge in [0.2, 0.25) is 0 Å². The Kier molecular flexibility index (Phi) is 2.17. The molecule has 0 heterocycles. The summed E-state index contributed by atoms with van der Waals surface area (Å²) in [6, 6.07) is 0. The van der Waals surface area contributed by atoms with Crippen LogP contribution < -0.4 is 0 Å². The molecular formula is N2O6S2. The fourth-order valence-corrected chi connectivity index (χ4v) is 0.692. The Morgan fingerprint density at radius 1 is 0.700 bits per heavy atom. The molecule has 0 saturated heterocycles. The van der Waals surface area contributed by atoms with Crippen LogP contribution in [0, 0.1) is 9.81 Å². The molecule has 0 aliphatic carbocycles. The second-order valence-electron chi connectivity index (χ2n) is 1.00. The van der Waals surface area contributed by atoms with E-state index in [1.54, 1.807) is 0 Å². The summed E-state index contributed by atoms with van der Waals surface area (Å²) < 4.78 is 42.0. The Hall–Kier alpha value is -0.900. The molecule has 0 spiro atoms. The van der Waals surface area contributed by atoms with Crippen LogP contribution in [-0.4, -0.2) is 16.8 Å². The van der Waals surface area contributed by atoms with E-state index >= 15 is 0 Å². The number of hydrogen-bond donors (Lipinski definition) is 0.